The van der Waals surface area contributed by atoms with Gasteiger partial charge in [-0.3, -0.25) is 10.2 Å². The number of carbonyl (C=O) groups excluding carboxylic acids is 1. The molecule has 0 bridgehead atoms. The van der Waals surface area contributed by atoms with Gasteiger partial charge in [0.25, 0.3) is 5.91 Å². The second kappa shape index (κ2) is 10.7. The lowest BCUT2D eigenvalue weighted by molar-refractivity contribution is -0.119. The number of ether oxygens (including phenoxy) is 3. The molecule has 3 rings (SSSR count). The van der Waals surface area contributed by atoms with Crippen LogP contribution in [0.15, 0.2) is 53.7 Å². The van der Waals surface area contributed by atoms with Gasteiger partial charge < -0.3 is 14.2 Å². The number of halogens is 1. The van der Waals surface area contributed by atoms with E-state index in [1.807, 2.05) is 6.92 Å². The van der Waals surface area contributed by atoms with Gasteiger partial charge in [0, 0.05) is 5.02 Å². The molecule has 1 N–H and O–H groups in total. The normalized spacial score (nSPS) is 10.5. The number of amides is 1. The Labute approximate surface area is 183 Å². The van der Waals surface area contributed by atoms with E-state index in [0.29, 0.717) is 27.5 Å². The highest BCUT2D eigenvalue weighted by Gasteiger charge is 2.16. The average Bonchev–Trinajstić information content (AvgIpc) is 3.13. The van der Waals surface area contributed by atoms with E-state index in [9.17, 15) is 4.79 Å². The Morgan fingerprint density at radius 2 is 1.67 bits per heavy atom. The zero-order chi connectivity index (χ0) is 21.3. The van der Waals surface area contributed by atoms with E-state index in [1.165, 1.54) is 16.4 Å². The maximum absolute atomic E-state index is 12.4. The number of hydrogen-bond acceptors (Lipinski definition) is 7. The van der Waals surface area contributed by atoms with Gasteiger partial charge in [-0.1, -0.05) is 30.3 Å². The summed E-state index contributed by atoms with van der Waals surface area (Å²) >= 11 is 7.30. The van der Waals surface area contributed by atoms with Gasteiger partial charge in [-0.15, -0.1) is 10.2 Å². The number of thioether (sulfide) groups is 1. The Morgan fingerprint density at radius 3 is 2.33 bits per heavy atom. The third-order valence-corrected chi connectivity index (χ3v) is 4.88. The van der Waals surface area contributed by atoms with Crippen LogP contribution in [0.3, 0.4) is 0 Å². The first kappa shape index (κ1) is 21.8. The number of hydrogen-bond donors (Lipinski definition) is 1. The van der Waals surface area contributed by atoms with E-state index in [1.54, 1.807) is 55.6 Å². The molecule has 0 aliphatic carbocycles. The van der Waals surface area contributed by atoms with Crippen molar-refractivity contribution in [2.75, 3.05) is 24.9 Å². The summed E-state index contributed by atoms with van der Waals surface area (Å²) in [5, 5.41) is 9.43. The Balaban J connectivity index is 1.63. The summed E-state index contributed by atoms with van der Waals surface area (Å²) < 4.78 is 17.9. The summed E-state index contributed by atoms with van der Waals surface area (Å²) in [7, 11) is 1.60. The lowest BCUT2D eigenvalue weighted by Crippen LogP contribution is -2.30. The van der Waals surface area contributed by atoms with Crippen molar-refractivity contribution in [3.8, 4) is 17.2 Å². The smallest absolute Gasteiger partial charge is 0.276 e. The highest BCUT2D eigenvalue weighted by atomic mass is 35.5. The van der Waals surface area contributed by atoms with Gasteiger partial charge >= 0.3 is 0 Å². The Morgan fingerprint density at radius 1 is 1.03 bits per heavy atom. The highest BCUT2D eigenvalue weighted by molar-refractivity contribution is 7.99. The van der Waals surface area contributed by atoms with Crippen molar-refractivity contribution in [3.05, 3.63) is 59.4 Å². The predicted molar refractivity (Wildman–Crippen MR) is 115 cm³/mol. The van der Waals surface area contributed by atoms with Crippen LogP contribution in [0, 0.1) is 0 Å². The van der Waals surface area contributed by atoms with Gasteiger partial charge in [-0.2, -0.15) is 0 Å². The van der Waals surface area contributed by atoms with Crippen LogP contribution in [0.2, 0.25) is 5.02 Å². The molecule has 1 aromatic heterocycles. The van der Waals surface area contributed by atoms with Crippen LogP contribution >= 0.6 is 23.4 Å². The lowest BCUT2D eigenvalue weighted by atomic mass is 10.3. The minimum atomic E-state index is -0.353. The van der Waals surface area contributed by atoms with Crippen LogP contribution < -0.4 is 19.6 Å². The number of nitrogens with one attached hydrogen (secondary N) is 1. The van der Waals surface area contributed by atoms with Crippen LogP contribution in [-0.2, 0) is 11.4 Å². The molecule has 0 aliphatic rings. The molecule has 0 saturated carbocycles. The van der Waals surface area contributed by atoms with Crippen LogP contribution in [-0.4, -0.2) is 40.3 Å². The van der Waals surface area contributed by atoms with E-state index >= 15 is 0 Å². The number of rotatable bonds is 10. The fraction of sp³-hybridized carbons (Fsp3) is 0.250. The second-order valence-electron chi connectivity index (χ2n) is 5.91. The van der Waals surface area contributed by atoms with Gasteiger partial charge in [-0.05, 0) is 54.3 Å². The predicted octanol–water partition coefficient (Wildman–Crippen LogP) is 3.78. The molecule has 0 spiro atoms. The quantitative estimate of drug-likeness (QED) is 0.472. The first-order chi connectivity index (χ1) is 14.6. The zero-order valence-corrected chi connectivity index (χ0v) is 18.1. The molecule has 8 nitrogen and oxygen atoms in total. The molecule has 2 aromatic carbocycles. The maximum atomic E-state index is 12.4. The molecular weight excluding hydrogens is 428 g/mol. The molecular formula is C20H21ClN4O4S. The third kappa shape index (κ3) is 6.04. The zero-order valence-electron chi connectivity index (χ0n) is 16.5. The molecule has 1 amide bonds. The summed E-state index contributed by atoms with van der Waals surface area (Å²) in [4.78, 5) is 12.4. The number of methoxy groups -OCH3 is 1. The number of carbonyl (C=O) groups is 1. The SMILES string of the molecule is CCSc1nnc(COc2ccc(OC)cc2)n1NC(=O)COc1ccc(Cl)cc1. The molecule has 10 heteroatoms. The number of nitrogens with zero attached hydrogens (tertiary/aromatic N) is 3. The van der Waals surface area contributed by atoms with Gasteiger partial charge in [0.15, 0.2) is 12.4 Å². The summed E-state index contributed by atoms with van der Waals surface area (Å²) in [6, 6.07) is 14.0. The van der Waals surface area contributed by atoms with E-state index in [2.05, 4.69) is 15.6 Å². The molecule has 3 aromatic rings. The fourth-order valence-electron chi connectivity index (χ4n) is 2.39. The molecule has 0 atom stereocenters. The van der Waals surface area contributed by atoms with Crippen molar-refractivity contribution in [1.82, 2.24) is 14.9 Å². The topological polar surface area (TPSA) is 87.5 Å². The van der Waals surface area contributed by atoms with Gasteiger partial charge in [0.05, 0.1) is 7.11 Å². The summed E-state index contributed by atoms with van der Waals surface area (Å²) in [5.41, 5.74) is 2.76. The van der Waals surface area contributed by atoms with Crippen LogP contribution in [0.5, 0.6) is 17.2 Å². The molecule has 0 fully saturated rings. The largest absolute Gasteiger partial charge is 0.497 e. The molecule has 0 radical (unpaired) electrons. The van der Waals surface area contributed by atoms with Crippen molar-refractivity contribution in [2.45, 2.75) is 18.7 Å². The average molecular weight is 449 g/mol. The van der Waals surface area contributed by atoms with Crippen molar-refractivity contribution < 1.29 is 19.0 Å². The third-order valence-electron chi connectivity index (χ3n) is 3.82. The Hall–Kier alpha value is -2.91. The van der Waals surface area contributed by atoms with Gasteiger partial charge in [0.2, 0.25) is 5.16 Å². The van der Waals surface area contributed by atoms with Crippen LogP contribution in [0.1, 0.15) is 12.7 Å². The molecule has 0 saturated heterocycles. The molecule has 0 unspecified atom stereocenters. The fourth-order valence-corrected chi connectivity index (χ4v) is 3.15. The Kier molecular flexibility index (Phi) is 7.81. The minimum Gasteiger partial charge on any atom is -0.497 e. The van der Waals surface area contributed by atoms with Crippen molar-refractivity contribution in [2.24, 2.45) is 0 Å². The molecule has 30 heavy (non-hydrogen) atoms. The number of benzene rings is 2. The maximum Gasteiger partial charge on any atom is 0.276 e. The summed E-state index contributed by atoms with van der Waals surface area (Å²) in [6.07, 6.45) is 0. The second-order valence-corrected chi connectivity index (χ2v) is 7.58. The minimum absolute atomic E-state index is 0.127. The first-order valence-corrected chi connectivity index (χ1v) is 10.5. The van der Waals surface area contributed by atoms with Gasteiger partial charge in [-0.25, -0.2) is 4.68 Å². The molecule has 0 aliphatic heterocycles. The summed E-state index contributed by atoms with van der Waals surface area (Å²) in [6.45, 7) is 1.94. The monoisotopic (exact) mass is 448 g/mol. The number of aromatic nitrogens is 3. The van der Waals surface area contributed by atoms with Crippen LogP contribution in [0.4, 0.5) is 0 Å². The van der Waals surface area contributed by atoms with E-state index < -0.39 is 0 Å². The van der Waals surface area contributed by atoms with Crippen LogP contribution in [0.25, 0.3) is 0 Å². The Bertz CT molecular complexity index is 964. The van der Waals surface area contributed by atoms with E-state index in [0.717, 1.165) is 11.5 Å². The van der Waals surface area contributed by atoms with Gasteiger partial charge in [0.1, 0.15) is 23.9 Å². The molecule has 1 heterocycles. The molecule has 158 valence electrons. The standard InChI is InChI=1S/C20H21ClN4O4S/c1-3-30-20-23-22-18(12-28-17-10-8-15(27-2)9-11-17)25(20)24-19(26)13-29-16-6-4-14(21)5-7-16/h4-11H,3,12-13H2,1-2H3,(H,24,26). The first-order valence-electron chi connectivity index (χ1n) is 9.11. The summed E-state index contributed by atoms with van der Waals surface area (Å²) in [5.74, 6) is 2.81. The lowest BCUT2D eigenvalue weighted by Gasteiger charge is -2.13. The highest BCUT2D eigenvalue weighted by Crippen LogP contribution is 2.20. The van der Waals surface area contributed by atoms with E-state index in [-0.39, 0.29) is 19.1 Å². The van der Waals surface area contributed by atoms with Crippen molar-refractivity contribution in [1.29, 1.82) is 0 Å². The van der Waals surface area contributed by atoms with E-state index in [4.69, 9.17) is 25.8 Å². The van der Waals surface area contributed by atoms with Crippen molar-refractivity contribution in [3.63, 3.8) is 0 Å². The van der Waals surface area contributed by atoms with Crippen molar-refractivity contribution >= 4 is 29.3 Å².